The van der Waals surface area contributed by atoms with Gasteiger partial charge in [0.2, 0.25) is 5.96 Å². The molecular weight excluding hydrogens is 386 g/mol. The van der Waals surface area contributed by atoms with Crippen LogP contribution in [0.5, 0.6) is 5.75 Å². The molecule has 1 aromatic rings. The number of anilines is 1. The molecule has 2 fully saturated rings. The number of guanidine groups is 1. The molecule has 1 aromatic carbocycles. The first kappa shape index (κ1) is 18.8. The lowest BCUT2D eigenvalue weighted by molar-refractivity contribution is -0.137. The highest BCUT2D eigenvalue weighted by molar-refractivity contribution is 6.32. The Bertz CT molecular complexity index is 847. The zero-order valence-corrected chi connectivity index (χ0v) is 16.7. The molecule has 0 aromatic heterocycles. The zero-order chi connectivity index (χ0) is 20.0. The fourth-order valence-corrected chi connectivity index (χ4v) is 4.14. The number of hydrogen-bond acceptors (Lipinski definition) is 7. The molecule has 2 saturated heterocycles. The summed E-state index contributed by atoms with van der Waals surface area (Å²) in [5.74, 6) is 1.04. The number of carbonyl (C=O) groups is 2. The maximum Gasteiger partial charge on any atom is 0.328 e. The predicted molar refractivity (Wildman–Crippen MR) is 104 cm³/mol. The summed E-state index contributed by atoms with van der Waals surface area (Å²) in [7, 11) is 4.78. The van der Waals surface area contributed by atoms with Gasteiger partial charge in [-0.05, 0) is 18.2 Å². The largest absolute Gasteiger partial charge is 0.495 e. The third-order valence-electron chi connectivity index (χ3n) is 5.34. The molecule has 150 valence electrons. The number of hydrogen-bond donors (Lipinski definition) is 0. The third-order valence-corrected chi connectivity index (χ3v) is 5.64. The molecule has 0 aliphatic carbocycles. The summed E-state index contributed by atoms with van der Waals surface area (Å²) in [6.07, 6.45) is -0.537. The molecule has 3 aliphatic heterocycles. The van der Waals surface area contributed by atoms with Crippen LogP contribution in [0.2, 0.25) is 5.02 Å². The Morgan fingerprint density at radius 3 is 2.71 bits per heavy atom. The molecular formula is C18H22ClN5O4. The molecule has 0 spiro atoms. The molecule has 2 unspecified atom stereocenters. The van der Waals surface area contributed by atoms with E-state index in [1.807, 2.05) is 21.9 Å². The van der Waals surface area contributed by atoms with E-state index in [-0.39, 0.29) is 18.5 Å². The van der Waals surface area contributed by atoms with Gasteiger partial charge < -0.3 is 24.2 Å². The van der Waals surface area contributed by atoms with Crippen LogP contribution in [-0.4, -0.2) is 92.3 Å². The van der Waals surface area contributed by atoms with Crippen molar-refractivity contribution in [2.24, 2.45) is 4.99 Å². The molecule has 2 atom stereocenters. The molecule has 0 bridgehead atoms. The van der Waals surface area contributed by atoms with Crippen LogP contribution in [-0.2, 0) is 9.53 Å². The van der Waals surface area contributed by atoms with E-state index >= 15 is 0 Å². The Labute approximate surface area is 168 Å². The SMILES string of the molecule is COCCN1C(=O)C2C(N=C3N(c4ccc(OC)c(Cl)c4)CCN32)N(C)C1=O. The number of fused-ring (bicyclic) bond motifs is 3. The maximum absolute atomic E-state index is 13.0. The van der Waals surface area contributed by atoms with Gasteiger partial charge in [0.1, 0.15) is 5.75 Å². The van der Waals surface area contributed by atoms with E-state index in [0.717, 1.165) is 5.69 Å². The number of methoxy groups -OCH3 is 2. The number of ether oxygens (including phenoxy) is 2. The number of nitrogens with zero attached hydrogens (tertiary/aromatic N) is 5. The summed E-state index contributed by atoms with van der Waals surface area (Å²) in [6, 6.07) is 4.65. The molecule has 4 rings (SSSR count). The normalized spacial score (nSPS) is 23.9. The smallest absolute Gasteiger partial charge is 0.328 e. The number of benzene rings is 1. The van der Waals surface area contributed by atoms with Crippen molar-refractivity contribution < 1.29 is 19.1 Å². The van der Waals surface area contributed by atoms with E-state index in [9.17, 15) is 9.59 Å². The standard InChI is InChI=1S/C18H22ClN5O4/c1-21-15-14(16(25)24(18(21)26)8-9-27-2)23-7-6-22(17(23)20-15)11-4-5-13(28-3)12(19)10-11/h4-5,10,14-15H,6-9H2,1-3H3. The van der Waals surface area contributed by atoms with E-state index in [4.69, 9.17) is 26.1 Å². The molecule has 0 saturated carbocycles. The minimum atomic E-state index is -0.537. The van der Waals surface area contributed by atoms with Gasteiger partial charge in [-0.2, -0.15) is 0 Å². The van der Waals surface area contributed by atoms with Crippen molar-refractivity contribution in [2.75, 3.05) is 52.4 Å². The summed E-state index contributed by atoms with van der Waals surface area (Å²) in [5, 5.41) is 0.503. The topological polar surface area (TPSA) is 77.9 Å². The average Bonchev–Trinajstić information content (AvgIpc) is 3.25. The Kier molecular flexibility index (Phi) is 4.80. The first-order chi connectivity index (χ1) is 13.5. The molecule has 0 radical (unpaired) electrons. The summed E-state index contributed by atoms with van der Waals surface area (Å²) in [6.45, 7) is 1.83. The van der Waals surface area contributed by atoms with E-state index in [1.165, 1.54) is 9.80 Å². The molecule has 28 heavy (non-hydrogen) atoms. The third kappa shape index (κ3) is 2.77. The molecule has 3 aliphatic rings. The molecule has 0 N–H and O–H groups in total. The maximum atomic E-state index is 13.0. The number of amides is 3. The van der Waals surface area contributed by atoms with Gasteiger partial charge in [-0.15, -0.1) is 0 Å². The summed E-state index contributed by atoms with van der Waals surface area (Å²) in [4.78, 5) is 37.1. The first-order valence-electron chi connectivity index (χ1n) is 9.00. The highest BCUT2D eigenvalue weighted by atomic mass is 35.5. The second-order valence-corrected chi connectivity index (χ2v) is 7.23. The predicted octanol–water partition coefficient (Wildman–Crippen LogP) is 1.08. The fourth-order valence-electron chi connectivity index (χ4n) is 3.89. The van der Waals surface area contributed by atoms with Gasteiger partial charge in [0, 0.05) is 32.9 Å². The van der Waals surface area contributed by atoms with E-state index in [0.29, 0.717) is 36.4 Å². The number of urea groups is 1. The lowest BCUT2D eigenvalue weighted by Crippen LogP contribution is -2.65. The Morgan fingerprint density at radius 2 is 2.04 bits per heavy atom. The van der Waals surface area contributed by atoms with Gasteiger partial charge in [0.05, 0.1) is 25.3 Å². The fraction of sp³-hybridized carbons (Fsp3) is 0.500. The number of aliphatic imine (C=N–C) groups is 1. The minimum Gasteiger partial charge on any atom is -0.495 e. The monoisotopic (exact) mass is 407 g/mol. The van der Waals surface area contributed by atoms with Gasteiger partial charge in [-0.1, -0.05) is 11.6 Å². The average molecular weight is 408 g/mol. The summed E-state index contributed by atoms with van der Waals surface area (Å²) in [5.41, 5.74) is 0.864. The first-order valence-corrected chi connectivity index (χ1v) is 9.38. The lowest BCUT2D eigenvalue weighted by Gasteiger charge is -2.40. The quantitative estimate of drug-likeness (QED) is 0.726. The number of carbonyl (C=O) groups excluding carboxylic acids is 2. The highest BCUT2D eigenvalue weighted by Crippen LogP contribution is 2.35. The van der Waals surface area contributed by atoms with Crippen molar-refractivity contribution >= 4 is 35.2 Å². The van der Waals surface area contributed by atoms with Gasteiger partial charge in [0.15, 0.2) is 12.2 Å². The van der Waals surface area contributed by atoms with Crippen molar-refractivity contribution in [1.29, 1.82) is 0 Å². The van der Waals surface area contributed by atoms with Crippen LogP contribution < -0.4 is 9.64 Å². The van der Waals surface area contributed by atoms with Gasteiger partial charge in [0.25, 0.3) is 5.91 Å². The molecule has 10 heteroatoms. The van der Waals surface area contributed by atoms with E-state index in [1.54, 1.807) is 27.3 Å². The number of halogens is 1. The van der Waals surface area contributed by atoms with Crippen LogP contribution in [0.25, 0.3) is 0 Å². The highest BCUT2D eigenvalue weighted by Gasteiger charge is 2.54. The van der Waals surface area contributed by atoms with Crippen LogP contribution in [0.4, 0.5) is 10.5 Å². The van der Waals surface area contributed by atoms with Crippen LogP contribution >= 0.6 is 11.6 Å². The van der Waals surface area contributed by atoms with Crippen molar-refractivity contribution in [3.63, 3.8) is 0 Å². The van der Waals surface area contributed by atoms with E-state index < -0.39 is 12.2 Å². The Hall–Kier alpha value is -2.52. The van der Waals surface area contributed by atoms with Crippen molar-refractivity contribution in [3.8, 4) is 5.75 Å². The lowest BCUT2D eigenvalue weighted by atomic mass is 10.1. The molecule has 9 nitrogen and oxygen atoms in total. The van der Waals surface area contributed by atoms with Gasteiger partial charge in [-0.25, -0.2) is 9.79 Å². The Morgan fingerprint density at radius 1 is 1.25 bits per heavy atom. The van der Waals surface area contributed by atoms with Crippen molar-refractivity contribution in [3.05, 3.63) is 23.2 Å². The van der Waals surface area contributed by atoms with Gasteiger partial charge >= 0.3 is 6.03 Å². The van der Waals surface area contributed by atoms with Gasteiger partial charge in [-0.3, -0.25) is 9.69 Å². The Balaban J connectivity index is 1.63. The summed E-state index contributed by atoms with van der Waals surface area (Å²) >= 11 is 6.28. The molecule has 3 heterocycles. The summed E-state index contributed by atoms with van der Waals surface area (Å²) < 4.78 is 10.3. The number of rotatable bonds is 5. The van der Waals surface area contributed by atoms with Crippen molar-refractivity contribution in [1.82, 2.24) is 14.7 Å². The van der Waals surface area contributed by atoms with Crippen molar-refractivity contribution in [2.45, 2.75) is 12.2 Å². The van der Waals surface area contributed by atoms with Crippen LogP contribution in [0, 0.1) is 0 Å². The molecule has 3 amide bonds. The van der Waals surface area contributed by atoms with E-state index in [2.05, 4.69) is 0 Å². The zero-order valence-electron chi connectivity index (χ0n) is 16.0. The van der Waals surface area contributed by atoms with Crippen LogP contribution in [0.3, 0.4) is 0 Å². The minimum absolute atomic E-state index is 0.225. The second kappa shape index (κ2) is 7.14. The van der Waals surface area contributed by atoms with Crippen LogP contribution in [0.1, 0.15) is 0 Å². The number of likely N-dealkylation sites (N-methyl/N-ethyl adjacent to an activating group) is 1. The second-order valence-electron chi connectivity index (χ2n) is 6.83. The number of imide groups is 1. The van der Waals surface area contributed by atoms with Crippen LogP contribution in [0.15, 0.2) is 23.2 Å².